The number of piperidine rings is 1. The molecule has 2 aromatic rings. The summed E-state index contributed by atoms with van der Waals surface area (Å²) >= 11 is 4.83. The Labute approximate surface area is 159 Å². The van der Waals surface area contributed by atoms with Crippen LogP contribution in [0.5, 0.6) is 5.19 Å². The quantitative estimate of drug-likeness (QED) is 0.672. The van der Waals surface area contributed by atoms with E-state index in [0.717, 1.165) is 27.8 Å². The molecule has 1 fully saturated rings. The lowest BCUT2D eigenvalue weighted by Gasteiger charge is -2.34. The second-order valence-electron chi connectivity index (χ2n) is 6.52. The number of aromatic nitrogens is 2. The Kier molecular flexibility index (Phi) is 5.78. The zero-order valence-corrected chi connectivity index (χ0v) is 17.0. The molecule has 1 saturated heterocycles. The summed E-state index contributed by atoms with van der Waals surface area (Å²) in [7, 11) is 0. The van der Waals surface area contributed by atoms with Crippen LogP contribution >= 0.6 is 27.3 Å². The predicted molar refractivity (Wildman–Crippen MR) is 101 cm³/mol. The van der Waals surface area contributed by atoms with Crippen molar-refractivity contribution in [1.82, 2.24) is 14.9 Å². The molecule has 0 aliphatic carbocycles. The molecule has 3 heterocycles. The van der Waals surface area contributed by atoms with Gasteiger partial charge in [-0.1, -0.05) is 11.3 Å². The fourth-order valence-electron chi connectivity index (χ4n) is 2.91. The molecule has 0 aromatic carbocycles. The largest absolute Gasteiger partial charge is 0.467 e. The highest BCUT2D eigenvalue weighted by Crippen LogP contribution is 2.31. The lowest BCUT2D eigenvalue weighted by atomic mass is 9.92. The third kappa shape index (κ3) is 4.61. The number of hydrogen-bond acceptors (Lipinski definition) is 6. The van der Waals surface area contributed by atoms with Gasteiger partial charge in [0.15, 0.2) is 0 Å². The van der Waals surface area contributed by atoms with E-state index in [1.54, 1.807) is 4.90 Å². The summed E-state index contributed by atoms with van der Waals surface area (Å²) in [6.07, 6.45) is 1.56. The van der Waals surface area contributed by atoms with Gasteiger partial charge in [-0.15, -0.1) is 0 Å². The summed E-state index contributed by atoms with van der Waals surface area (Å²) in [6.45, 7) is 7.22. The van der Waals surface area contributed by atoms with Gasteiger partial charge in [0.05, 0.1) is 6.10 Å². The van der Waals surface area contributed by atoms with E-state index in [1.165, 1.54) is 11.3 Å². The molecule has 1 atom stereocenters. The standard InChI is InChI=1S/C17H22BrN3O3S/c1-10(2)23-17(22)21-8-6-12(7-9-21)11(3)24-16-19-13-4-5-14(18)20-15(13)25-16/h4-5,10-12H,6-9H2,1-3H3. The summed E-state index contributed by atoms with van der Waals surface area (Å²) in [5, 5.41) is 0.648. The van der Waals surface area contributed by atoms with E-state index in [2.05, 4.69) is 32.8 Å². The Morgan fingerprint density at radius 2 is 2.00 bits per heavy atom. The van der Waals surface area contributed by atoms with Gasteiger partial charge >= 0.3 is 6.09 Å². The average molecular weight is 428 g/mol. The summed E-state index contributed by atoms with van der Waals surface area (Å²) in [4.78, 5) is 23.5. The van der Waals surface area contributed by atoms with Crippen LogP contribution in [-0.4, -0.2) is 46.3 Å². The maximum Gasteiger partial charge on any atom is 0.410 e. The Morgan fingerprint density at radius 1 is 1.28 bits per heavy atom. The van der Waals surface area contributed by atoms with Gasteiger partial charge in [0, 0.05) is 13.1 Å². The molecule has 8 heteroatoms. The van der Waals surface area contributed by atoms with Crippen LogP contribution in [0.25, 0.3) is 10.3 Å². The van der Waals surface area contributed by atoms with Crippen molar-refractivity contribution in [3.63, 3.8) is 0 Å². The smallest absolute Gasteiger partial charge is 0.410 e. The number of ether oxygens (including phenoxy) is 2. The van der Waals surface area contributed by atoms with Crippen molar-refractivity contribution in [3.8, 4) is 5.19 Å². The summed E-state index contributed by atoms with van der Waals surface area (Å²) in [5.41, 5.74) is 0.849. The van der Waals surface area contributed by atoms with Gasteiger partial charge in [-0.25, -0.2) is 14.8 Å². The van der Waals surface area contributed by atoms with Crippen LogP contribution in [0.4, 0.5) is 4.79 Å². The molecule has 1 aliphatic rings. The molecule has 6 nitrogen and oxygen atoms in total. The van der Waals surface area contributed by atoms with Crippen molar-refractivity contribution < 1.29 is 14.3 Å². The molecule has 25 heavy (non-hydrogen) atoms. The molecule has 1 unspecified atom stereocenters. The van der Waals surface area contributed by atoms with E-state index in [-0.39, 0.29) is 18.3 Å². The molecule has 1 aliphatic heterocycles. The number of pyridine rings is 1. The van der Waals surface area contributed by atoms with E-state index in [1.807, 2.05) is 26.0 Å². The van der Waals surface area contributed by atoms with Crippen LogP contribution in [-0.2, 0) is 4.74 Å². The highest BCUT2D eigenvalue weighted by molar-refractivity contribution is 9.10. The predicted octanol–water partition coefficient (Wildman–Crippen LogP) is 4.48. The number of nitrogens with zero attached hydrogens (tertiary/aromatic N) is 3. The lowest BCUT2D eigenvalue weighted by Crippen LogP contribution is -2.42. The third-order valence-electron chi connectivity index (χ3n) is 4.29. The zero-order chi connectivity index (χ0) is 18.0. The highest BCUT2D eigenvalue weighted by Gasteiger charge is 2.29. The van der Waals surface area contributed by atoms with Crippen LogP contribution in [0.3, 0.4) is 0 Å². The fraction of sp³-hybridized carbons (Fsp3) is 0.588. The summed E-state index contributed by atoms with van der Waals surface area (Å²) < 4.78 is 12.1. The third-order valence-corrected chi connectivity index (χ3v) is 5.58. The van der Waals surface area contributed by atoms with Gasteiger partial charge < -0.3 is 14.4 Å². The minimum absolute atomic E-state index is 0.0484. The first-order valence-electron chi connectivity index (χ1n) is 8.47. The van der Waals surface area contributed by atoms with Crippen molar-refractivity contribution in [2.24, 2.45) is 5.92 Å². The molecule has 136 valence electrons. The number of carbonyl (C=O) groups excluding carboxylic acids is 1. The summed E-state index contributed by atoms with van der Waals surface area (Å²) in [6, 6.07) is 3.81. The molecule has 0 spiro atoms. The highest BCUT2D eigenvalue weighted by atomic mass is 79.9. The van der Waals surface area contributed by atoms with Gasteiger partial charge in [-0.3, -0.25) is 0 Å². The fourth-order valence-corrected chi connectivity index (χ4v) is 4.21. The van der Waals surface area contributed by atoms with Crippen molar-refractivity contribution in [2.75, 3.05) is 13.1 Å². The Morgan fingerprint density at radius 3 is 2.68 bits per heavy atom. The monoisotopic (exact) mass is 427 g/mol. The molecule has 3 rings (SSSR count). The van der Waals surface area contributed by atoms with Gasteiger partial charge in [-0.2, -0.15) is 0 Å². The van der Waals surface area contributed by atoms with Crippen LogP contribution in [0.2, 0.25) is 0 Å². The van der Waals surface area contributed by atoms with E-state index in [9.17, 15) is 4.79 Å². The zero-order valence-electron chi connectivity index (χ0n) is 14.6. The number of rotatable bonds is 4. The number of hydrogen-bond donors (Lipinski definition) is 0. The molecule has 0 bridgehead atoms. The van der Waals surface area contributed by atoms with Crippen LogP contribution in [0.15, 0.2) is 16.7 Å². The normalized spacial score (nSPS) is 17.1. The number of likely N-dealkylation sites (tertiary alicyclic amines) is 1. The second-order valence-corrected chi connectivity index (χ2v) is 8.27. The molecular formula is C17H22BrN3O3S. The minimum Gasteiger partial charge on any atom is -0.467 e. The number of thiazole rings is 1. The second kappa shape index (κ2) is 7.86. The number of halogens is 1. The van der Waals surface area contributed by atoms with Gasteiger partial charge in [0.2, 0.25) is 0 Å². The van der Waals surface area contributed by atoms with Crippen LogP contribution in [0.1, 0.15) is 33.6 Å². The molecule has 0 saturated carbocycles. The van der Waals surface area contributed by atoms with Crippen LogP contribution in [0, 0.1) is 5.92 Å². The van der Waals surface area contributed by atoms with Gasteiger partial charge in [0.1, 0.15) is 21.1 Å². The first-order valence-corrected chi connectivity index (χ1v) is 10.1. The number of fused-ring (bicyclic) bond motifs is 1. The molecule has 2 aromatic heterocycles. The van der Waals surface area contributed by atoms with E-state index in [4.69, 9.17) is 9.47 Å². The van der Waals surface area contributed by atoms with Crippen molar-refractivity contribution in [2.45, 2.75) is 45.8 Å². The maximum absolute atomic E-state index is 12.0. The van der Waals surface area contributed by atoms with Gasteiger partial charge in [0.25, 0.3) is 5.19 Å². The first kappa shape index (κ1) is 18.4. The Balaban J connectivity index is 1.55. The molecule has 0 radical (unpaired) electrons. The number of carbonyl (C=O) groups is 1. The van der Waals surface area contributed by atoms with Crippen molar-refractivity contribution >= 4 is 43.7 Å². The molecular weight excluding hydrogens is 406 g/mol. The first-order chi connectivity index (χ1) is 11.9. The SMILES string of the molecule is CC(C)OC(=O)N1CCC(C(C)Oc2nc3ccc(Br)nc3s2)CC1. The topological polar surface area (TPSA) is 64.5 Å². The van der Waals surface area contributed by atoms with E-state index >= 15 is 0 Å². The number of amides is 1. The summed E-state index contributed by atoms with van der Waals surface area (Å²) in [5.74, 6) is 0.398. The van der Waals surface area contributed by atoms with Crippen molar-refractivity contribution in [1.29, 1.82) is 0 Å². The van der Waals surface area contributed by atoms with E-state index < -0.39 is 0 Å². The molecule has 1 amide bonds. The minimum atomic E-state index is -0.218. The van der Waals surface area contributed by atoms with Gasteiger partial charge in [-0.05, 0) is 67.6 Å². The maximum atomic E-state index is 12.0. The Bertz CT molecular complexity index is 744. The Hall–Kier alpha value is -1.41. The lowest BCUT2D eigenvalue weighted by molar-refractivity contribution is 0.0495. The average Bonchev–Trinajstić information content (AvgIpc) is 2.95. The molecule has 0 N–H and O–H groups in total. The van der Waals surface area contributed by atoms with Crippen molar-refractivity contribution in [3.05, 3.63) is 16.7 Å². The van der Waals surface area contributed by atoms with E-state index in [0.29, 0.717) is 24.2 Å². The van der Waals surface area contributed by atoms with Crippen LogP contribution < -0.4 is 4.74 Å².